The number of aryl methyl sites for hydroxylation is 1. The minimum atomic E-state index is -6.20. The number of unbranched alkanes of at least 4 members (excludes halogenated alkanes) is 3. The molecule has 0 saturated carbocycles. The van der Waals surface area contributed by atoms with Gasteiger partial charge in [0.2, 0.25) is 17.5 Å². The zero-order valence-corrected chi connectivity index (χ0v) is 59.2. The molecule has 12 N–H and O–H groups in total. The van der Waals surface area contributed by atoms with Gasteiger partial charge in [0.05, 0.1) is 29.9 Å². The number of amides is 1. The Morgan fingerprint density at radius 3 is 2.27 bits per heavy atom. The van der Waals surface area contributed by atoms with E-state index in [9.17, 15) is 78.5 Å². The third-order valence-corrected chi connectivity index (χ3v) is 23.6. The van der Waals surface area contributed by atoms with Crippen LogP contribution < -0.4 is 31.7 Å². The van der Waals surface area contributed by atoms with Gasteiger partial charge in [-0.3, -0.25) is 37.3 Å². The van der Waals surface area contributed by atoms with E-state index in [4.69, 9.17) is 19.9 Å². The maximum Gasteiger partial charge on any atom is 0.490 e. The largest absolute Gasteiger partial charge is 0.490 e. The van der Waals surface area contributed by atoms with E-state index < -0.39 is 111 Å². The molecule has 2 aromatic carbocycles. The number of nitrogens with one attached hydrogen (secondary N) is 3. The molecule has 1 aliphatic carbocycles. The Hall–Kier alpha value is -5.34. The predicted molar refractivity (Wildman–Crippen MR) is 352 cm³/mol. The number of thiol groups is 1. The Labute approximate surface area is 563 Å². The minimum absolute atomic E-state index is 0.0286. The number of carbonyl (C=O) groups is 1. The van der Waals surface area contributed by atoms with Crippen molar-refractivity contribution >= 4 is 105 Å². The van der Waals surface area contributed by atoms with Gasteiger partial charge in [0, 0.05) is 92.0 Å². The van der Waals surface area contributed by atoms with Crippen LogP contribution >= 0.6 is 44.2 Å². The van der Waals surface area contributed by atoms with Crippen LogP contribution in [0.25, 0.3) is 11.2 Å². The van der Waals surface area contributed by atoms with E-state index in [1.807, 2.05) is 61.8 Å². The minimum Gasteiger partial charge on any atom is -0.388 e. The Morgan fingerprint density at radius 1 is 0.866 bits per heavy atom. The number of benzene rings is 2. The number of phosphoric ester groups is 2. The van der Waals surface area contributed by atoms with Gasteiger partial charge in [0.15, 0.2) is 28.9 Å². The molecule has 35 nitrogen and oxygen atoms in total. The van der Waals surface area contributed by atoms with E-state index in [-0.39, 0.29) is 68.3 Å². The highest BCUT2D eigenvalue weighted by molar-refractivity contribution is 7.86. The molecule has 536 valence electrons. The first-order valence-corrected chi connectivity index (χ1v) is 39.7. The molecule has 2 aromatic heterocycles. The van der Waals surface area contributed by atoms with Crippen molar-refractivity contribution in [1.82, 2.24) is 30.2 Å². The van der Waals surface area contributed by atoms with Gasteiger partial charge in [-0.1, -0.05) is 56.5 Å². The van der Waals surface area contributed by atoms with E-state index >= 15 is 0 Å². The highest BCUT2D eigenvalue weighted by Gasteiger charge is 2.50. The molecular weight excluding hydrogens is 1420 g/mol. The van der Waals surface area contributed by atoms with Crippen LogP contribution in [0.5, 0.6) is 5.75 Å². The fourth-order valence-corrected chi connectivity index (χ4v) is 17.8. The molecule has 8 rings (SSSR count). The number of ether oxygens (including phenoxy) is 1. The molecule has 5 heterocycles. The smallest absolute Gasteiger partial charge is 0.388 e. The Morgan fingerprint density at radius 2 is 1.56 bits per heavy atom. The summed E-state index contributed by atoms with van der Waals surface area (Å²) in [6.45, 7) is 10.5. The van der Waals surface area contributed by atoms with Crippen LogP contribution in [0.3, 0.4) is 0 Å². The number of H-pyrrole nitrogens is 1. The van der Waals surface area contributed by atoms with Gasteiger partial charge in [-0.2, -0.15) is 39.3 Å². The number of nitrogen functional groups attached to an aromatic ring is 1. The summed E-state index contributed by atoms with van der Waals surface area (Å²) in [5.74, 6) is -1.20. The van der Waals surface area contributed by atoms with Crippen LogP contribution in [0, 0.1) is 6.92 Å². The summed E-state index contributed by atoms with van der Waals surface area (Å²) in [4.78, 5) is 83.3. The molecule has 7 atom stereocenters. The summed E-state index contributed by atoms with van der Waals surface area (Å²) in [6, 6.07) is 11.3. The van der Waals surface area contributed by atoms with Crippen molar-refractivity contribution in [2.24, 2.45) is 0 Å². The molecule has 97 heavy (non-hydrogen) atoms. The van der Waals surface area contributed by atoms with Crippen LogP contribution in [0.1, 0.15) is 121 Å². The van der Waals surface area contributed by atoms with Crippen LogP contribution in [-0.2, 0) is 90.2 Å². The fourth-order valence-electron chi connectivity index (χ4n) is 11.7. The third kappa shape index (κ3) is 20.9. The summed E-state index contributed by atoms with van der Waals surface area (Å²) in [7, 11) is -32.3. The van der Waals surface area contributed by atoms with Crippen LogP contribution in [0.4, 0.5) is 17.3 Å². The highest BCUT2D eigenvalue weighted by Crippen LogP contribution is 2.72. The molecule has 3 aliphatic heterocycles. The molecule has 0 radical (unpaired) electrons. The number of aromatic nitrogens is 4. The van der Waals surface area contributed by atoms with Gasteiger partial charge in [0.1, 0.15) is 18.9 Å². The summed E-state index contributed by atoms with van der Waals surface area (Å²) in [6.07, 6.45) is 7.14. The Kier molecular flexibility index (Phi) is 25.3. The van der Waals surface area contributed by atoms with Crippen LogP contribution in [-0.4, -0.2) is 143 Å². The van der Waals surface area contributed by atoms with E-state index in [2.05, 4.69) is 90.1 Å². The van der Waals surface area contributed by atoms with Crippen molar-refractivity contribution in [2.45, 2.75) is 135 Å². The number of nitrogens with two attached hydrogens (primary N) is 1. The summed E-state index contributed by atoms with van der Waals surface area (Å²) in [5, 5.41) is 21.5. The fraction of sp³-hybridized carbons (Fsp3) is 0.509. The van der Waals surface area contributed by atoms with Crippen molar-refractivity contribution in [3.63, 3.8) is 0 Å². The number of rotatable bonds is 35. The number of fused-ring (bicyclic) bond motifs is 3. The molecular formula is C55H78N9O26P4S3+. The number of carbonyl (C=O) groups excluding carboxylic acids is 1. The quantitative estimate of drug-likeness (QED) is 0.00320. The second kappa shape index (κ2) is 31.7. The topological polar surface area (TPSA) is 498 Å². The molecule has 1 fully saturated rings. The summed E-state index contributed by atoms with van der Waals surface area (Å²) in [5.41, 5.74) is 12.2. The number of imidazole rings is 1. The van der Waals surface area contributed by atoms with Crippen molar-refractivity contribution in [3.8, 4) is 5.75 Å². The summed E-state index contributed by atoms with van der Waals surface area (Å²) < 4.78 is 151. The maximum atomic E-state index is 13.4. The van der Waals surface area contributed by atoms with Crippen molar-refractivity contribution in [1.29, 1.82) is 0 Å². The first-order chi connectivity index (χ1) is 45.3. The number of hydrogen-bond donors (Lipinski definition) is 12. The van der Waals surface area contributed by atoms with Crippen molar-refractivity contribution in [3.05, 3.63) is 117 Å². The molecule has 42 heteroatoms. The zero-order valence-electron chi connectivity index (χ0n) is 53.1. The summed E-state index contributed by atoms with van der Waals surface area (Å²) >= 11 is 3.57. The zero-order chi connectivity index (χ0) is 71.1. The first-order valence-electron chi connectivity index (χ1n) is 30.2. The number of phosphoric acid groups is 4. The Bertz CT molecular complexity index is 4270. The van der Waals surface area contributed by atoms with Gasteiger partial charge < -0.3 is 55.6 Å². The number of allylic oxidation sites excluding steroid dienone is 7. The third-order valence-electron chi connectivity index (χ3n) is 16.0. The molecule has 5 unspecified atom stereocenters. The van der Waals surface area contributed by atoms with E-state index in [1.54, 1.807) is 18.2 Å². The van der Waals surface area contributed by atoms with Crippen LogP contribution in [0.15, 0.2) is 94.4 Å². The standard InChI is InChI=1S/C55H77N9O26P4S3/c1-35-15-19-41-39(31-35)54(2,3)44(62(41)26-11-29-96(76,77)78)21-16-36-13-10-14-37(17-22-45-55(4,5)40-32-38(84-86-87-95)18-20-42(40)63(45)27-12-30-97(79,80)81)48(36)58-25-23-46(66)57-24-8-6-7-9-28-82-91(68,69)88-93(72,73)90-94(74,75)89-92(70,71)85-52-43(65)33-47(83-52)64-34-59-49-50(64)60-53(56)61-51(49)67/h15-22,31-32,34,43,47,52,65H,6-14,23-30,33H2,1-5H3,(H11,56,57,60,61,66,67,68,69,70,71,72,73,74,75,76,77,78,79,80,81,95)/p+1/b36-16+,44-21-/t43?,47-,52-/m1/s1. The molecule has 1 saturated heterocycles. The number of nitrogens with zero attached hydrogens (tertiary/aromatic N) is 5. The number of aliphatic hydroxyl groups excluding tert-OH is 1. The van der Waals surface area contributed by atoms with Gasteiger partial charge in [0.25, 0.3) is 25.8 Å². The lowest BCUT2D eigenvalue weighted by Gasteiger charge is -2.28. The van der Waals surface area contributed by atoms with E-state index in [1.165, 1.54) is 0 Å². The highest BCUT2D eigenvalue weighted by atomic mass is 32.2. The Balaban J connectivity index is 0.868. The maximum absolute atomic E-state index is 13.4. The van der Waals surface area contributed by atoms with Gasteiger partial charge >= 0.3 is 31.3 Å². The first kappa shape index (κ1) is 77.4. The predicted octanol–water partition coefficient (Wildman–Crippen LogP) is 7.08. The second-order valence-electron chi connectivity index (χ2n) is 24.0. The molecule has 0 bridgehead atoms. The second-order valence-corrected chi connectivity index (χ2v) is 33.5. The lowest BCUT2D eigenvalue weighted by molar-refractivity contribution is -0.437. The van der Waals surface area contributed by atoms with Gasteiger partial charge in [-0.15, -0.1) is 4.33 Å². The van der Waals surface area contributed by atoms with Gasteiger partial charge in [-0.25, -0.2) is 23.2 Å². The van der Waals surface area contributed by atoms with Crippen molar-refractivity contribution < 1.29 is 119 Å². The van der Waals surface area contributed by atoms with E-state index in [0.29, 0.717) is 44.4 Å². The average Bonchev–Trinajstić information content (AvgIpc) is 1.60. The molecule has 4 aliphatic rings. The lowest BCUT2D eigenvalue weighted by Crippen LogP contribution is -2.30. The molecule has 4 aromatic rings. The number of aliphatic hydroxyl groups is 1. The van der Waals surface area contributed by atoms with E-state index in [0.717, 1.165) is 73.6 Å². The average molecular weight is 1500 g/mol. The number of anilines is 2. The molecule has 0 spiro atoms. The SMILES string of the molecule is Cc1ccc2c(c1)C(C)(C)/C(=C/C=C1\CCCC(/C=C/C3=[N+](CCCS(=O)(=O)O)c4ccc(OOOS)cc4C3(C)C)=C1NCCC(=O)NCCCCCCOP(=O)(O)OP(=O)(O)OP(=O)(O)OP(=O)(O)O[C@H]1O[C@@H](n3cnc4c(=O)[nH]c(N)nc43)CC1O)N2CCCS(=O)(=O)O. The van der Waals surface area contributed by atoms with Crippen molar-refractivity contribution in [2.75, 3.05) is 54.9 Å². The number of aromatic amines is 1. The monoisotopic (exact) mass is 1500 g/mol. The molecule has 1 amide bonds. The number of hydrogen-bond acceptors (Lipinski definition) is 26. The lowest BCUT2D eigenvalue weighted by atomic mass is 9.80. The van der Waals surface area contributed by atoms with Gasteiger partial charge in [-0.05, 0) is 105 Å². The van der Waals surface area contributed by atoms with Crippen LogP contribution in [0.2, 0.25) is 0 Å². The normalized spacial score (nSPS) is 22.0.